The highest BCUT2D eigenvalue weighted by molar-refractivity contribution is 9.10. The standard InChI is InChI=1S/C19H19BrCl3N5O/c1-10(7-28-12(3)17(23)11(2)25-28)19(29)24-18-15(20)9-27(26-18)8-13-4-5-14(21)6-16(13)22/h4-6,9-10H,7-8H2,1-3H3,(H,24,26,29). The summed E-state index contributed by atoms with van der Waals surface area (Å²) in [4.78, 5) is 12.6. The number of halogens is 4. The highest BCUT2D eigenvalue weighted by Crippen LogP contribution is 2.25. The molecule has 29 heavy (non-hydrogen) atoms. The van der Waals surface area contributed by atoms with Crippen LogP contribution in [-0.2, 0) is 17.9 Å². The third kappa shape index (κ3) is 5.15. The van der Waals surface area contributed by atoms with Gasteiger partial charge in [0.25, 0.3) is 0 Å². The maximum atomic E-state index is 12.6. The molecule has 0 spiro atoms. The van der Waals surface area contributed by atoms with E-state index in [2.05, 4.69) is 31.4 Å². The van der Waals surface area contributed by atoms with Crippen molar-refractivity contribution in [1.82, 2.24) is 19.6 Å². The number of carbonyl (C=O) groups is 1. The fourth-order valence-corrected chi connectivity index (χ4v) is 3.84. The van der Waals surface area contributed by atoms with Crippen LogP contribution in [0.4, 0.5) is 5.82 Å². The van der Waals surface area contributed by atoms with Crippen molar-refractivity contribution in [2.75, 3.05) is 5.32 Å². The number of rotatable bonds is 6. The van der Waals surface area contributed by atoms with Crippen molar-refractivity contribution in [2.24, 2.45) is 5.92 Å². The van der Waals surface area contributed by atoms with Crippen molar-refractivity contribution in [3.63, 3.8) is 0 Å². The molecule has 0 fully saturated rings. The van der Waals surface area contributed by atoms with Crippen molar-refractivity contribution in [3.05, 3.63) is 60.9 Å². The minimum atomic E-state index is -0.327. The van der Waals surface area contributed by atoms with Crippen LogP contribution in [0.2, 0.25) is 15.1 Å². The SMILES string of the molecule is Cc1nn(CC(C)C(=O)Nc2nn(Cc3ccc(Cl)cc3Cl)cc2Br)c(C)c1Cl. The molecule has 1 aromatic carbocycles. The summed E-state index contributed by atoms with van der Waals surface area (Å²) in [6, 6.07) is 5.31. The van der Waals surface area contributed by atoms with Crippen LogP contribution in [0.5, 0.6) is 0 Å². The molecule has 1 N–H and O–H groups in total. The summed E-state index contributed by atoms with van der Waals surface area (Å²) in [7, 11) is 0. The first-order valence-electron chi connectivity index (χ1n) is 8.83. The average Bonchev–Trinajstić information content (AvgIpc) is 3.11. The van der Waals surface area contributed by atoms with Gasteiger partial charge in [0, 0.05) is 16.2 Å². The van der Waals surface area contributed by atoms with Gasteiger partial charge in [0.05, 0.1) is 39.9 Å². The first-order valence-corrected chi connectivity index (χ1v) is 10.8. The van der Waals surface area contributed by atoms with E-state index in [1.165, 1.54) is 0 Å². The summed E-state index contributed by atoms with van der Waals surface area (Å²) >= 11 is 21.8. The van der Waals surface area contributed by atoms with Crippen LogP contribution in [0, 0.1) is 19.8 Å². The van der Waals surface area contributed by atoms with Gasteiger partial charge in [-0.15, -0.1) is 0 Å². The zero-order chi connectivity index (χ0) is 21.3. The van der Waals surface area contributed by atoms with Gasteiger partial charge in [0.1, 0.15) is 0 Å². The largest absolute Gasteiger partial charge is 0.308 e. The van der Waals surface area contributed by atoms with E-state index in [1.807, 2.05) is 26.8 Å². The zero-order valence-corrected chi connectivity index (χ0v) is 19.9. The molecule has 0 saturated heterocycles. The van der Waals surface area contributed by atoms with Gasteiger partial charge >= 0.3 is 0 Å². The summed E-state index contributed by atoms with van der Waals surface area (Å²) < 4.78 is 4.12. The first kappa shape index (κ1) is 22.2. The Hall–Kier alpha value is -1.54. The Bertz CT molecular complexity index is 1060. The van der Waals surface area contributed by atoms with E-state index in [0.29, 0.717) is 38.4 Å². The van der Waals surface area contributed by atoms with E-state index in [0.717, 1.165) is 17.0 Å². The number of benzene rings is 1. The average molecular weight is 520 g/mol. The van der Waals surface area contributed by atoms with Gasteiger partial charge in [-0.05, 0) is 47.5 Å². The van der Waals surface area contributed by atoms with Gasteiger partial charge in [-0.25, -0.2) is 0 Å². The molecule has 2 aromatic heterocycles. The summed E-state index contributed by atoms with van der Waals surface area (Å²) in [5.74, 6) is -0.0469. The molecule has 2 heterocycles. The second-order valence-corrected chi connectivity index (χ2v) is 8.89. The minimum Gasteiger partial charge on any atom is -0.308 e. The number of nitrogens with one attached hydrogen (secondary N) is 1. The molecular weight excluding hydrogens is 501 g/mol. The molecule has 1 atom stereocenters. The molecule has 1 unspecified atom stereocenters. The molecule has 10 heteroatoms. The van der Waals surface area contributed by atoms with Crippen LogP contribution in [0.3, 0.4) is 0 Å². The molecule has 0 saturated carbocycles. The van der Waals surface area contributed by atoms with Crippen molar-refractivity contribution in [3.8, 4) is 0 Å². The van der Waals surface area contributed by atoms with Gasteiger partial charge in [0.2, 0.25) is 5.91 Å². The lowest BCUT2D eigenvalue weighted by atomic mass is 10.1. The number of hydrogen-bond donors (Lipinski definition) is 1. The van der Waals surface area contributed by atoms with E-state index in [9.17, 15) is 4.79 Å². The second kappa shape index (κ2) is 9.08. The van der Waals surface area contributed by atoms with Crippen LogP contribution in [0.15, 0.2) is 28.9 Å². The Morgan fingerprint density at radius 3 is 2.59 bits per heavy atom. The molecule has 0 aliphatic carbocycles. The number of hydrogen-bond acceptors (Lipinski definition) is 3. The quantitative estimate of drug-likeness (QED) is 0.452. The van der Waals surface area contributed by atoms with Gasteiger partial charge in [-0.2, -0.15) is 10.2 Å². The zero-order valence-electron chi connectivity index (χ0n) is 16.0. The van der Waals surface area contributed by atoms with Gasteiger partial charge in [-0.3, -0.25) is 14.2 Å². The van der Waals surface area contributed by atoms with Gasteiger partial charge < -0.3 is 5.32 Å². The Morgan fingerprint density at radius 2 is 1.97 bits per heavy atom. The highest BCUT2D eigenvalue weighted by Gasteiger charge is 2.19. The maximum Gasteiger partial charge on any atom is 0.230 e. The Morgan fingerprint density at radius 1 is 1.24 bits per heavy atom. The van der Waals surface area contributed by atoms with Gasteiger partial charge in [-0.1, -0.05) is 47.8 Å². The summed E-state index contributed by atoms with van der Waals surface area (Å²) in [6.45, 7) is 6.42. The fourth-order valence-electron chi connectivity index (χ4n) is 2.82. The highest BCUT2D eigenvalue weighted by atomic mass is 79.9. The van der Waals surface area contributed by atoms with Crippen LogP contribution in [-0.4, -0.2) is 25.5 Å². The van der Waals surface area contributed by atoms with Crippen LogP contribution >= 0.6 is 50.7 Å². The van der Waals surface area contributed by atoms with Crippen LogP contribution in [0.1, 0.15) is 23.9 Å². The third-order valence-electron chi connectivity index (χ3n) is 4.49. The van der Waals surface area contributed by atoms with Crippen LogP contribution < -0.4 is 5.32 Å². The molecule has 154 valence electrons. The molecule has 1 amide bonds. The van der Waals surface area contributed by atoms with E-state index in [-0.39, 0.29) is 11.8 Å². The number of aromatic nitrogens is 4. The van der Waals surface area contributed by atoms with Crippen molar-refractivity contribution in [1.29, 1.82) is 0 Å². The Balaban J connectivity index is 1.68. The smallest absolute Gasteiger partial charge is 0.230 e. The Labute approximate surface area is 192 Å². The molecule has 0 aliphatic rings. The normalized spacial score (nSPS) is 12.2. The van der Waals surface area contributed by atoms with Gasteiger partial charge in [0.15, 0.2) is 5.82 Å². The third-order valence-corrected chi connectivity index (χ3v) is 6.21. The van der Waals surface area contributed by atoms with E-state index >= 15 is 0 Å². The van der Waals surface area contributed by atoms with Crippen LogP contribution in [0.25, 0.3) is 0 Å². The molecule has 0 bridgehead atoms. The first-order chi connectivity index (χ1) is 13.7. The topological polar surface area (TPSA) is 64.7 Å². The lowest BCUT2D eigenvalue weighted by Crippen LogP contribution is -2.25. The number of amides is 1. The lowest BCUT2D eigenvalue weighted by molar-refractivity contribution is -0.119. The number of anilines is 1. The maximum absolute atomic E-state index is 12.6. The summed E-state index contributed by atoms with van der Waals surface area (Å²) in [5, 5.41) is 13.4. The molecule has 3 aromatic rings. The summed E-state index contributed by atoms with van der Waals surface area (Å²) in [5.41, 5.74) is 2.46. The second-order valence-electron chi connectivity index (χ2n) is 6.82. The molecule has 6 nitrogen and oxygen atoms in total. The van der Waals surface area contributed by atoms with E-state index in [1.54, 1.807) is 27.7 Å². The monoisotopic (exact) mass is 517 g/mol. The predicted octanol–water partition coefficient (Wildman–Crippen LogP) is 5.74. The molecule has 0 aliphatic heterocycles. The number of aryl methyl sites for hydroxylation is 1. The lowest BCUT2D eigenvalue weighted by Gasteiger charge is -2.12. The number of carbonyl (C=O) groups excluding carboxylic acids is 1. The van der Waals surface area contributed by atoms with Crippen molar-refractivity contribution in [2.45, 2.75) is 33.9 Å². The van der Waals surface area contributed by atoms with Crippen molar-refractivity contribution >= 4 is 62.5 Å². The summed E-state index contributed by atoms with van der Waals surface area (Å²) in [6.07, 6.45) is 1.78. The van der Waals surface area contributed by atoms with E-state index < -0.39 is 0 Å². The number of nitrogens with zero attached hydrogens (tertiary/aromatic N) is 4. The molecular formula is C19H19BrCl3N5O. The molecule has 3 rings (SSSR count). The van der Waals surface area contributed by atoms with Crippen molar-refractivity contribution < 1.29 is 4.79 Å². The molecule has 0 radical (unpaired) electrons. The fraction of sp³-hybridized carbons (Fsp3) is 0.316. The predicted molar refractivity (Wildman–Crippen MR) is 120 cm³/mol. The van der Waals surface area contributed by atoms with E-state index in [4.69, 9.17) is 34.8 Å². The minimum absolute atomic E-state index is 0.163. The Kier molecular flexibility index (Phi) is 6.94.